The fourth-order valence-corrected chi connectivity index (χ4v) is 8.25. The fourth-order valence-electron chi connectivity index (χ4n) is 8.06. The number of hydrogen-bond acceptors (Lipinski definition) is 3. The van der Waals surface area contributed by atoms with Crippen LogP contribution in [0.3, 0.4) is 0 Å². The quantitative estimate of drug-likeness (QED) is 0.707. The zero-order chi connectivity index (χ0) is 19.4. The van der Waals surface area contributed by atoms with Gasteiger partial charge in [0, 0.05) is 55.5 Å². The number of likely N-dealkylation sites (tertiary alicyclic amines) is 1. The fraction of sp³-hybridized carbons (Fsp3) is 0.760. The first-order valence-electron chi connectivity index (χ1n) is 12.2. The summed E-state index contributed by atoms with van der Waals surface area (Å²) in [5.74, 6) is 4.25. The van der Waals surface area contributed by atoms with Crippen LogP contribution in [0.2, 0.25) is 5.02 Å². The summed E-state index contributed by atoms with van der Waals surface area (Å²) in [6.07, 6.45) is 10.6. The van der Waals surface area contributed by atoms with Crippen molar-refractivity contribution in [2.45, 2.75) is 57.0 Å². The Kier molecular flexibility index (Phi) is 5.05. The van der Waals surface area contributed by atoms with E-state index in [1.807, 2.05) is 6.07 Å². The van der Waals surface area contributed by atoms with E-state index in [1.54, 1.807) is 32.1 Å². The summed E-state index contributed by atoms with van der Waals surface area (Å²) < 4.78 is 0. The first-order valence-corrected chi connectivity index (χ1v) is 12.6. The Morgan fingerprint density at radius 3 is 2.21 bits per heavy atom. The van der Waals surface area contributed by atoms with E-state index in [-0.39, 0.29) is 0 Å². The molecule has 4 saturated carbocycles. The molecule has 4 heteroatoms. The monoisotopic (exact) mass is 413 g/mol. The van der Waals surface area contributed by atoms with Gasteiger partial charge in [-0.3, -0.25) is 9.80 Å². The third-order valence-corrected chi connectivity index (χ3v) is 9.27. The molecule has 1 atom stereocenters. The molecule has 2 aliphatic heterocycles. The number of piperazine rings is 1. The van der Waals surface area contributed by atoms with E-state index in [4.69, 9.17) is 11.6 Å². The SMILES string of the molecule is Clc1cccc(N2CCN([C@H]3CCCN(C4C5CC6CC(C5)CC4C6)C3)CC2)c1. The minimum absolute atomic E-state index is 0.780. The summed E-state index contributed by atoms with van der Waals surface area (Å²) in [5.41, 5.74) is 1.29. The molecule has 0 spiro atoms. The molecule has 0 aromatic heterocycles. The third-order valence-electron chi connectivity index (χ3n) is 9.03. The maximum atomic E-state index is 6.21. The molecule has 1 aromatic rings. The van der Waals surface area contributed by atoms with E-state index in [1.165, 1.54) is 44.7 Å². The first-order chi connectivity index (χ1) is 14.2. The summed E-state index contributed by atoms with van der Waals surface area (Å²) in [6.45, 7) is 7.37. The number of rotatable bonds is 3. The zero-order valence-corrected chi connectivity index (χ0v) is 18.4. The lowest BCUT2D eigenvalue weighted by atomic mass is 9.53. The Morgan fingerprint density at radius 1 is 0.793 bits per heavy atom. The van der Waals surface area contributed by atoms with Crippen molar-refractivity contribution in [2.24, 2.45) is 23.7 Å². The highest BCUT2D eigenvalue weighted by atomic mass is 35.5. The number of piperidine rings is 1. The van der Waals surface area contributed by atoms with Crippen molar-refractivity contribution in [3.05, 3.63) is 29.3 Å². The average Bonchev–Trinajstić information content (AvgIpc) is 2.73. The van der Waals surface area contributed by atoms with Gasteiger partial charge in [0.1, 0.15) is 0 Å². The molecule has 0 N–H and O–H groups in total. The smallest absolute Gasteiger partial charge is 0.0426 e. The topological polar surface area (TPSA) is 9.72 Å². The van der Waals surface area contributed by atoms with Gasteiger partial charge in [-0.25, -0.2) is 0 Å². The molecule has 6 fully saturated rings. The lowest BCUT2D eigenvalue weighted by molar-refractivity contribution is -0.0795. The molecular weight excluding hydrogens is 378 g/mol. The summed E-state index contributed by atoms with van der Waals surface area (Å²) in [5, 5.41) is 0.850. The van der Waals surface area contributed by atoms with Gasteiger partial charge >= 0.3 is 0 Å². The normalized spacial score (nSPS) is 40.5. The zero-order valence-electron chi connectivity index (χ0n) is 17.7. The van der Waals surface area contributed by atoms with Gasteiger partial charge in [0.15, 0.2) is 0 Å². The summed E-state index contributed by atoms with van der Waals surface area (Å²) in [6, 6.07) is 10.1. The maximum absolute atomic E-state index is 6.21. The predicted molar refractivity (Wildman–Crippen MR) is 121 cm³/mol. The molecule has 1 aromatic carbocycles. The van der Waals surface area contributed by atoms with Crippen LogP contribution in [0.1, 0.15) is 44.9 Å². The summed E-state index contributed by atoms with van der Waals surface area (Å²) >= 11 is 6.21. The molecule has 2 saturated heterocycles. The van der Waals surface area contributed by atoms with Gasteiger partial charge in [-0.15, -0.1) is 0 Å². The van der Waals surface area contributed by atoms with E-state index in [2.05, 4.69) is 32.9 Å². The van der Waals surface area contributed by atoms with E-state index in [0.717, 1.165) is 53.9 Å². The molecule has 3 nitrogen and oxygen atoms in total. The summed E-state index contributed by atoms with van der Waals surface area (Å²) in [4.78, 5) is 8.30. The Balaban J connectivity index is 1.08. The Bertz CT molecular complexity index is 701. The van der Waals surface area contributed by atoms with Crippen molar-refractivity contribution in [2.75, 3.05) is 44.2 Å². The highest BCUT2D eigenvalue weighted by Gasteiger charge is 2.50. The molecule has 0 amide bonds. The number of nitrogens with zero attached hydrogens (tertiary/aromatic N) is 3. The van der Waals surface area contributed by atoms with E-state index in [9.17, 15) is 0 Å². The van der Waals surface area contributed by atoms with Crippen molar-refractivity contribution in [1.82, 2.24) is 9.80 Å². The van der Waals surface area contributed by atoms with Gasteiger partial charge in [-0.05, 0) is 93.4 Å². The van der Waals surface area contributed by atoms with Crippen LogP contribution in [0.15, 0.2) is 24.3 Å². The van der Waals surface area contributed by atoms with Crippen LogP contribution in [0.5, 0.6) is 0 Å². The van der Waals surface area contributed by atoms with Gasteiger partial charge in [-0.2, -0.15) is 0 Å². The molecule has 158 valence electrons. The van der Waals surface area contributed by atoms with Gasteiger partial charge < -0.3 is 4.90 Å². The number of benzene rings is 1. The number of halogens is 1. The third kappa shape index (κ3) is 3.62. The Morgan fingerprint density at radius 2 is 1.52 bits per heavy atom. The Labute approximate surface area is 181 Å². The lowest BCUT2D eigenvalue weighted by Crippen LogP contribution is -2.61. The maximum Gasteiger partial charge on any atom is 0.0426 e. The molecule has 4 aliphatic carbocycles. The van der Waals surface area contributed by atoms with Crippen molar-refractivity contribution in [3.8, 4) is 0 Å². The molecule has 2 heterocycles. The van der Waals surface area contributed by atoms with E-state index >= 15 is 0 Å². The number of hydrogen-bond donors (Lipinski definition) is 0. The number of anilines is 1. The van der Waals surface area contributed by atoms with Gasteiger partial charge in [0.05, 0.1) is 0 Å². The van der Waals surface area contributed by atoms with E-state index in [0.29, 0.717) is 0 Å². The molecule has 0 radical (unpaired) electrons. The average molecular weight is 414 g/mol. The van der Waals surface area contributed by atoms with Crippen molar-refractivity contribution in [3.63, 3.8) is 0 Å². The van der Waals surface area contributed by atoms with Gasteiger partial charge in [0.25, 0.3) is 0 Å². The highest BCUT2D eigenvalue weighted by molar-refractivity contribution is 6.30. The van der Waals surface area contributed by atoms with Crippen LogP contribution < -0.4 is 4.90 Å². The van der Waals surface area contributed by atoms with E-state index < -0.39 is 0 Å². The first kappa shape index (κ1) is 19.0. The van der Waals surface area contributed by atoms with Crippen LogP contribution in [0.4, 0.5) is 5.69 Å². The molecule has 7 rings (SSSR count). The van der Waals surface area contributed by atoms with Gasteiger partial charge in [0.2, 0.25) is 0 Å². The van der Waals surface area contributed by atoms with Crippen molar-refractivity contribution in [1.29, 1.82) is 0 Å². The van der Waals surface area contributed by atoms with Gasteiger partial charge in [-0.1, -0.05) is 17.7 Å². The second-order valence-electron chi connectivity index (χ2n) is 10.7. The second-order valence-corrected chi connectivity index (χ2v) is 11.2. The minimum atomic E-state index is 0.780. The van der Waals surface area contributed by atoms with Crippen molar-refractivity contribution < 1.29 is 0 Å². The largest absolute Gasteiger partial charge is 0.369 e. The standard InChI is InChI=1S/C25H36ClN3/c26-22-3-1-4-23(16-22)27-7-9-28(10-8-27)24-5-2-6-29(17-24)25-20-12-18-11-19(14-20)15-21(25)13-18/h1,3-4,16,18-21,24-25H,2,5-15,17H2/t18?,19?,20?,21?,24-,25?/m0/s1. The molecule has 6 aliphatic rings. The van der Waals surface area contributed by atoms with Crippen LogP contribution in [0.25, 0.3) is 0 Å². The highest BCUT2D eigenvalue weighted by Crippen LogP contribution is 2.55. The van der Waals surface area contributed by atoms with Crippen LogP contribution in [-0.4, -0.2) is 61.2 Å². The molecule has 0 unspecified atom stereocenters. The Hall–Kier alpha value is -0.770. The summed E-state index contributed by atoms with van der Waals surface area (Å²) in [7, 11) is 0. The lowest BCUT2D eigenvalue weighted by Gasteiger charge is -2.58. The van der Waals surface area contributed by atoms with Crippen LogP contribution in [-0.2, 0) is 0 Å². The molecule has 29 heavy (non-hydrogen) atoms. The van der Waals surface area contributed by atoms with Crippen LogP contribution in [0, 0.1) is 23.7 Å². The second kappa shape index (κ2) is 7.73. The van der Waals surface area contributed by atoms with Crippen molar-refractivity contribution >= 4 is 17.3 Å². The molecular formula is C25H36ClN3. The van der Waals surface area contributed by atoms with Crippen LogP contribution >= 0.6 is 11.6 Å². The molecule has 4 bridgehead atoms. The predicted octanol–water partition coefficient (Wildman–Crippen LogP) is 4.75. The minimum Gasteiger partial charge on any atom is -0.369 e.